The fourth-order valence-corrected chi connectivity index (χ4v) is 2.84. The normalized spacial score (nSPS) is 19.0. The lowest BCUT2D eigenvalue weighted by atomic mass is 9.75. The third kappa shape index (κ3) is 3.60. The number of aromatic nitrogens is 2. The van der Waals surface area contributed by atoms with Crippen LogP contribution in [0.3, 0.4) is 0 Å². The Morgan fingerprint density at radius 2 is 2.00 bits per heavy atom. The number of nitrogen functional groups attached to an aromatic ring is 1. The van der Waals surface area contributed by atoms with Gasteiger partial charge in [0.05, 0.1) is 0 Å². The number of ether oxygens (including phenoxy) is 1. The molecule has 5 heteroatoms. The van der Waals surface area contributed by atoms with Gasteiger partial charge in [-0.25, -0.2) is 9.97 Å². The number of anilines is 2. The van der Waals surface area contributed by atoms with Crippen LogP contribution in [-0.4, -0.2) is 30.2 Å². The first-order chi connectivity index (χ1) is 9.41. The average Bonchev–Trinajstić information content (AvgIpc) is 2.37. The molecule has 1 saturated carbocycles. The van der Waals surface area contributed by atoms with Gasteiger partial charge in [0.1, 0.15) is 18.2 Å². The molecule has 0 atom stereocenters. The summed E-state index contributed by atoms with van der Waals surface area (Å²) in [6, 6.07) is 2.38. The van der Waals surface area contributed by atoms with E-state index in [4.69, 9.17) is 10.5 Å². The van der Waals surface area contributed by atoms with Gasteiger partial charge in [-0.15, -0.1) is 0 Å². The molecule has 5 nitrogen and oxygen atoms in total. The molecule has 0 spiro atoms. The zero-order chi connectivity index (χ0) is 14.8. The molecule has 2 rings (SSSR count). The molecular weight excluding hydrogens is 252 g/mol. The molecule has 0 aliphatic heterocycles. The first-order valence-corrected chi connectivity index (χ1v) is 7.26. The zero-order valence-electron chi connectivity index (χ0n) is 13.0. The second-order valence-electron chi connectivity index (χ2n) is 6.51. The van der Waals surface area contributed by atoms with Crippen LogP contribution in [-0.2, 0) is 11.3 Å². The Labute approximate surface area is 121 Å². The zero-order valence-corrected chi connectivity index (χ0v) is 13.0. The highest BCUT2D eigenvalue weighted by molar-refractivity contribution is 5.47. The molecule has 112 valence electrons. The fraction of sp³-hybridized carbons (Fsp3) is 0.733. The first-order valence-electron chi connectivity index (χ1n) is 7.26. The van der Waals surface area contributed by atoms with Gasteiger partial charge in [0.15, 0.2) is 5.82 Å². The average molecular weight is 278 g/mol. The maximum atomic E-state index is 5.87. The second kappa shape index (κ2) is 5.95. The number of hydrogen-bond acceptors (Lipinski definition) is 5. The highest BCUT2D eigenvalue weighted by Crippen LogP contribution is 2.37. The lowest BCUT2D eigenvalue weighted by molar-refractivity contribution is 0.178. The van der Waals surface area contributed by atoms with Crippen LogP contribution < -0.4 is 10.6 Å². The van der Waals surface area contributed by atoms with Crippen molar-refractivity contribution in [3.63, 3.8) is 0 Å². The van der Waals surface area contributed by atoms with Gasteiger partial charge in [-0.3, -0.25) is 0 Å². The summed E-state index contributed by atoms with van der Waals surface area (Å²) in [5.41, 5.74) is 6.34. The van der Waals surface area contributed by atoms with Gasteiger partial charge in [0, 0.05) is 26.3 Å². The van der Waals surface area contributed by atoms with E-state index >= 15 is 0 Å². The van der Waals surface area contributed by atoms with Crippen LogP contribution in [0.15, 0.2) is 6.07 Å². The molecule has 1 heterocycles. The Bertz CT molecular complexity index is 451. The second-order valence-corrected chi connectivity index (χ2v) is 6.51. The van der Waals surface area contributed by atoms with Crippen LogP contribution in [0.1, 0.15) is 45.4 Å². The highest BCUT2D eigenvalue weighted by atomic mass is 16.5. The Balaban J connectivity index is 2.11. The molecule has 20 heavy (non-hydrogen) atoms. The minimum atomic E-state index is 0.392. The maximum Gasteiger partial charge on any atom is 0.158 e. The van der Waals surface area contributed by atoms with Gasteiger partial charge < -0.3 is 15.4 Å². The summed E-state index contributed by atoms with van der Waals surface area (Å²) in [6.07, 6.45) is 4.92. The minimum Gasteiger partial charge on any atom is -0.384 e. The monoisotopic (exact) mass is 278 g/mol. The van der Waals surface area contributed by atoms with E-state index in [1.165, 1.54) is 25.7 Å². The van der Waals surface area contributed by atoms with Crippen molar-refractivity contribution in [3.8, 4) is 0 Å². The van der Waals surface area contributed by atoms with E-state index in [1.807, 2.05) is 6.07 Å². The molecule has 0 amide bonds. The van der Waals surface area contributed by atoms with Gasteiger partial charge in [0.25, 0.3) is 0 Å². The predicted octanol–water partition coefficient (Wildman–Crippen LogP) is 2.61. The molecule has 1 aliphatic rings. The van der Waals surface area contributed by atoms with Crippen LogP contribution in [0.2, 0.25) is 0 Å². The van der Waals surface area contributed by atoms with Crippen molar-refractivity contribution >= 4 is 11.6 Å². The third-order valence-corrected chi connectivity index (χ3v) is 4.27. The Hall–Kier alpha value is -1.36. The summed E-state index contributed by atoms with van der Waals surface area (Å²) < 4.78 is 5.09. The van der Waals surface area contributed by atoms with Gasteiger partial charge in [-0.1, -0.05) is 13.8 Å². The van der Waals surface area contributed by atoms with Crippen molar-refractivity contribution in [2.24, 2.45) is 5.41 Å². The summed E-state index contributed by atoms with van der Waals surface area (Å²) in [6.45, 7) is 5.09. The van der Waals surface area contributed by atoms with E-state index in [1.54, 1.807) is 7.11 Å². The van der Waals surface area contributed by atoms with Gasteiger partial charge in [-0.2, -0.15) is 0 Å². The van der Waals surface area contributed by atoms with Crippen molar-refractivity contribution in [2.45, 2.75) is 52.2 Å². The number of nitrogens with zero attached hydrogens (tertiary/aromatic N) is 3. The summed E-state index contributed by atoms with van der Waals surface area (Å²) in [7, 11) is 3.74. The number of methoxy groups -OCH3 is 1. The smallest absolute Gasteiger partial charge is 0.158 e. The van der Waals surface area contributed by atoms with E-state index < -0.39 is 0 Å². The quantitative estimate of drug-likeness (QED) is 0.917. The predicted molar refractivity (Wildman–Crippen MR) is 81.6 cm³/mol. The van der Waals surface area contributed by atoms with E-state index in [0.717, 1.165) is 5.82 Å². The Morgan fingerprint density at radius 3 is 2.60 bits per heavy atom. The standard InChI is InChI=1S/C15H26N4O/c1-15(2)7-5-11(6-8-15)19(3)14-9-12(16)17-13(18-14)10-20-4/h9,11H,5-8,10H2,1-4H3,(H2,16,17,18). The Morgan fingerprint density at radius 1 is 1.35 bits per heavy atom. The third-order valence-electron chi connectivity index (χ3n) is 4.27. The van der Waals surface area contributed by atoms with Gasteiger partial charge in [0.2, 0.25) is 0 Å². The number of hydrogen-bond donors (Lipinski definition) is 1. The first kappa shape index (κ1) is 15.0. The van der Waals surface area contributed by atoms with Crippen molar-refractivity contribution in [2.75, 3.05) is 24.8 Å². The minimum absolute atomic E-state index is 0.392. The summed E-state index contributed by atoms with van der Waals surface area (Å²) >= 11 is 0. The summed E-state index contributed by atoms with van der Waals surface area (Å²) in [5, 5.41) is 0. The van der Waals surface area contributed by atoms with Gasteiger partial charge in [-0.05, 0) is 31.1 Å². The lowest BCUT2D eigenvalue weighted by Crippen LogP contribution is -2.37. The maximum absolute atomic E-state index is 5.87. The van der Waals surface area contributed by atoms with Crippen LogP contribution in [0, 0.1) is 5.41 Å². The number of nitrogens with two attached hydrogens (primary N) is 1. The molecule has 0 saturated heterocycles. The molecule has 0 unspecified atom stereocenters. The van der Waals surface area contributed by atoms with Crippen molar-refractivity contribution < 1.29 is 4.74 Å². The molecule has 1 fully saturated rings. The molecule has 1 aromatic rings. The van der Waals surface area contributed by atoms with Crippen LogP contribution in [0.4, 0.5) is 11.6 Å². The van der Waals surface area contributed by atoms with E-state index in [-0.39, 0.29) is 0 Å². The van der Waals surface area contributed by atoms with Crippen molar-refractivity contribution in [1.82, 2.24) is 9.97 Å². The highest BCUT2D eigenvalue weighted by Gasteiger charge is 2.29. The Kier molecular flexibility index (Phi) is 4.48. The van der Waals surface area contributed by atoms with Crippen molar-refractivity contribution in [1.29, 1.82) is 0 Å². The molecule has 1 aromatic heterocycles. The molecule has 1 aliphatic carbocycles. The topological polar surface area (TPSA) is 64.3 Å². The molecular formula is C15H26N4O. The van der Waals surface area contributed by atoms with E-state index in [2.05, 4.69) is 35.8 Å². The summed E-state index contributed by atoms with van der Waals surface area (Å²) in [5.74, 6) is 2.05. The summed E-state index contributed by atoms with van der Waals surface area (Å²) in [4.78, 5) is 11.0. The lowest BCUT2D eigenvalue weighted by Gasteiger charge is -2.39. The molecule has 0 aromatic carbocycles. The molecule has 2 N–H and O–H groups in total. The van der Waals surface area contributed by atoms with Gasteiger partial charge >= 0.3 is 0 Å². The SMILES string of the molecule is COCc1nc(N)cc(N(C)C2CCC(C)(C)CC2)n1. The fourth-order valence-electron chi connectivity index (χ4n) is 2.84. The number of rotatable bonds is 4. The molecule has 0 radical (unpaired) electrons. The van der Waals surface area contributed by atoms with E-state index in [9.17, 15) is 0 Å². The largest absolute Gasteiger partial charge is 0.384 e. The van der Waals surface area contributed by atoms with Crippen LogP contribution >= 0.6 is 0 Å². The van der Waals surface area contributed by atoms with Crippen LogP contribution in [0.5, 0.6) is 0 Å². The molecule has 0 bridgehead atoms. The van der Waals surface area contributed by atoms with Crippen molar-refractivity contribution in [3.05, 3.63) is 11.9 Å². The van der Waals surface area contributed by atoms with E-state index in [0.29, 0.717) is 29.7 Å². The van der Waals surface area contributed by atoms with Crippen LogP contribution in [0.25, 0.3) is 0 Å².